The molecular weight excluding hydrogens is 263 g/mol. The maximum absolute atomic E-state index is 12.6. The highest BCUT2D eigenvalue weighted by Crippen LogP contribution is 2.51. The molecule has 4 nitrogen and oxygen atoms in total. The number of rotatable bonds is 6. The molecule has 0 aromatic heterocycles. The van der Waals surface area contributed by atoms with Gasteiger partial charge in [-0.3, -0.25) is 9.36 Å². The smallest absolute Gasteiger partial charge is 0.312 e. The van der Waals surface area contributed by atoms with Gasteiger partial charge < -0.3 is 9.05 Å². The van der Waals surface area contributed by atoms with E-state index in [1.807, 2.05) is 6.92 Å². The van der Waals surface area contributed by atoms with Gasteiger partial charge in [-0.15, -0.1) is 0 Å². The molecule has 1 aliphatic rings. The monoisotopic (exact) mass is 288 g/mol. The minimum Gasteiger partial charge on any atom is -0.312 e. The molecule has 0 aromatic carbocycles. The lowest BCUT2D eigenvalue weighted by Gasteiger charge is -2.39. The fourth-order valence-corrected chi connectivity index (χ4v) is 4.18. The Balaban J connectivity index is 2.93. The Bertz CT molecular complexity index is 396. The van der Waals surface area contributed by atoms with E-state index in [1.165, 1.54) is 14.2 Å². The highest BCUT2D eigenvalue weighted by molar-refractivity contribution is 7.54. The topological polar surface area (TPSA) is 52.6 Å². The van der Waals surface area contributed by atoms with E-state index < -0.39 is 13.0 Å². The first-order valence-corrected chi connectivity index (χ1v) is 8.44. The third-order valence-corrected chi connectivity index (χ3v) is 5.91. The minimum absolute atomic E-state index is 0.0188. The second-order valence-electron chi connectivity index (χ2n) is 5.63. The van der Waals surface area contributed by atoms with Crippen molar-refractivity contribution in [2.45, 2.75) is 39.5 Å². The number of hydrogen-bond acceptors (Lipinski definition) is 4. The average Bonchev–Trinajstić information content (AvgIpc) is 2.37. The summed E-state index contributed by atoms with van der Waals surface area (Å²) < 4.78 is 21.9. The van der Waals surface area contributed by atoms with Crippen LogP contribution < -0.4 is 0 Å². The van der Waals surface area contributed by atoms with E-state index in [0.717, 1.165) is 24.8 Å². The molecule has 0 bridgehead atoms. The van der Waals surface area contributed by atoms with Crippen molar-refractivity contribution in [3.05, 3.63) is 12.2 Å². The van der Waals surface area contributed by atoms with Gasteiger partial charge in [-0.2, -0.15) is 0 Å². The van der Waals surface area contributed by atoms with E-state index >= 15 is 0 Å². The van der Waals surface area contributed by atoms with Crippen LogP contribution in [0.4, 0.5) is 0 Å². The van der Waals surface area contributed by atoms with Crippen LogP contribution in [0, 0.1) is 11.3 Å². The zero-order chi connectivity index (χ0) is 14.7. The van der Waals surface area contributed by atoms with E-state index in [0.29, 0.717) is 12.3 Å². The van der Waals surface area contributed by atoms with Gasteiger partial charge in [0.1, 0.15) is 6.16 Å². The Labute approximate surface area is 116 Å². The summed E-state index contributed by atoms with van der Waals surface area (Å²) in [5.74, 6) is 0.421. The normalized spacial score (nSPS) is 28.4. The van der Waals surface area contributed by atoms with Crippen LogP contribution >= 0.6 is 7.60 Å². The number of carbonyl (C=O) groups is 1. The van der Waals surface area contributed by atoms with Gasteiger partial charge in [0, 0.05) is 19.6 Å². The molecule has 0 radical (unpaired) electrons. The van der Waals surface area contributed by atoms with Gasteiger partial charge in [0.05, 0.1) is 0 Å². The number of hydrogen-bond donors (Lipinski definition) is 0. The molecule has 0 aromatic rings. The molecule has 1 rings (SSSR count). The predicted octanol–water partition coefficient (Wildman–Crippen LogP) is 3.81. The van der Waals surface area contributed by atoms with Crippen molar-refractivity contribution in [2.24, 2.45) is 11.3 Å². The second kappa shape index (κ2) is 6.34. The van der Waals surface area contributed by atoms with Crippen LogP contribution in [0.25, 0.3) is 0 Å². The molecule has 110 valence electrons. The lowest BCUT2D eigenvalue weighted by Crippen LogP contribution is -2.38. The van der Waals surface area contributed by atoms with Crippen molar-refractivity contribution in [2.75, 3.05) is 20.4 Å². The molecule has 0 heterocycles. The Morgan fingerprint density at radius 3 is 2.47 bits per heavy atom. The molecule has 1 fully saturated rings. The lowest BCUT2D eigenvalue weighted by molar-refractivity contribution is -0.128. The molecule has 1 aliphatic carbocycles. The molecule has 0 spiro atoms. The first-order chi connectivity index (χ1) is 8.80. The van der Waals surface area contributed by atoms with Gasteiger partial charge in [-0.05, 0) is 31.6 Å². The number of ketones is 1. The van der Waals surface area contributed by atoms with Crippen molar-refractivity contribution in [1.82, 2.24) is 0 Å². The lowest BCUT2D eigenvalue weighted by atomic mass is 9.65. The van der Waals surface area contributed by atoms with Crippen molar-refractivity contribution < 1.29 is 18.4 Å². The quantitative estimate of drug-likeness (QED) is 0.551. The molecule has 5 heteroatoms. The summed E-state index contributed by atoms with van der Waals surface area (Å²) in [5, 5.41) is 0. The summed E-state index contributed by atoms with van der Waals surface area (Å²) >= 11 is 0. The highest BCUT2D eigenvalue weighted by atomic mass is 31.2. The fraction of sp³-hybridized carbons (Fsp3) is 0.786. The fourth-order valence-electron chi connectivity index (χ4n) is 3.08. The van der Waals surface area contributed by atoms with Crippen molar-refractivity contribution in [1.29, 1.82) is 0 Å². The molecule has 2 unspecified atom stereocenters. The average molecular weight is 288 g/mol. The summed E-state index contributed by atoms with van der Waals surface area (Å²) in [6.07, 6.45) is 3.09. The van der Waals surface area contributed by atoms with Crippen LogP contribution in [-0.2, 0) is 18.4 Å². The van der Waals surface area contributed by atoms with Crippen LogP contribution in [-0.4, -0.2) is 26.2 Å². The standard InChI is InChI=1S/C14H25O4P/c1-6-14(8-11(2)7-12(3)9-14)13(15)10-19(16,17-4)18-5/h12H,2,6-10H2,1,3-5H3. The first-order valence-electron chi connectivity index (χ1n) is 6.71. The molecule has 0 aliphatic heterocycles. The third-order valence-electron chi connectivity index (χ3n) is 4.13. The van der Waals surface area contributed by atoms with Gasteiger partial charge in [0.25, 0.3) is 0 Å². The summed E-state index contributed by atoms with van der Waals surface area (Å²) in [4.78, 5) is 12.6. The summed E-state index contributed by atoms with van der Waals surface area (Å²) in [7, 11) is -0.642. The van der Waals surface area contributed by atoms with Crippen LogP contribution in [0.5, 0.6) is 0 Å². The maximum atomic E-state index is 12.6. The SMILES string of the molecule is C=C1CC(C)CC(CC)(C(=O)CP(=O)(OC)OC)C1. The van der Waals surface area contributed by atoms with Gasteiger partial charge in [0.2, 0.25) is 0 Å². The Morgan fingerprint density at radius 1 is 1.47 bits per heavy atom. The zero-order valence-electron chi connectivity index (χ0n) is 12.4. The van der Waals surface area contributed by atoms with Gasteiger partial charge in [-0.1, -0.05) is 26.0 Å². The van der Waals surface area contributed by atoms with E-state index in [4.69, 9.17) is 9.05 Å². The molecule has 1 saturated carbocycles. The Kier molecular flexibility index (Phi) is 5.54. The molecule has 19 heavy (non-hydrogen) atoms. The van der Waals surface area contributed by atoms with E-state index in [9.17, 15) is 9.36 Å². The molecule has 2 atom stereocenters. The van der Waals surface area contributed by atoms with E-state index in [-0.39, 0.29) is 11.9 Å². The summed E-state index contributed by atoms with van der Waals surface area (Å²) in [5.41, 5.74) is 0.667. The van der Waals surface area contributed by atoms with E-state index in [2.05, 4.69) is 13.5 Å². The Hall–Kier alpha value is -0.440. The largest absolute Gasteiger partial charge is 0.337 e. The van der Waals surface area contributed by atoms with Crippen molar-refractivity contribution >= 4 is 13.4 Å². The summed E-state index contributed by atoms with van der Waals surface area (Å²) in [6, 6.07) is 0. The van der Waals surface area contributed by atoms with Gasteiger partial charge in [0.15, 0.2) is 5.78 Å². The molecule has 0 amide bonds. The predicted molar refractivity (Wildman–Crippen MR) is 76.4 cm³/mol. The third kappa shape index (κ3) is 3.77. The highest BCUT2D eigenvalue weighted by Gasteiger charge is 2.43. The molecular formula is C14H25O4P. The first kappa shape index (κ1) is 16.6. The van der Waals surface area contributed by atoms with Gasteiger partial charge >= 0.3 is 7.60 Å². The van der Waals surface area contributed by atoms with E-state index in [1.54, 1.807) is 0 Å². The Morgan fingerprint density at radius 2 is 2.05 bits per heavy atom. The van der Waals surface area contributed by atoms with Crippen molar-refractivity contribution in [3.8, 4) is 0 Å². The maximum Gasteiger partial charge on any atom is 0.337 e. The van der Waals surface area contributed by atoms with Gasteiger partial charge in [-0.25, -0.2) is 0 Å². The number of Topliss-reactive ketones (excluding diaryl/α,β-unsaturated/α-hetero) is 1. The van der Waals surface area contributed by atoms with Crippen LogP contribution in [0.1, 0.15) is 39.5 Å². The number of carbonyl (C=O) groups excluding carboxylic acids is 1. The van der Waals surface area contributed by atoms with Crippen LogP contribution in [0.3, 0.4) is 0 Å². The van der Waals surface area contributed by atoms with Crippen LogP contribution in [0.2, 0.25) is 0 Å². The number of allylic oxidation sites excluding steroid dienone is 1. The second-order valence-corrected chi connectivity index (χ2v) is 7.90. The minimum atomic E-state index is -3.28. The summed E-state index contributed by atoms with van der Waals surface area (Å²) in [6.45, 7) is 8.18. The zero-order valence-corrected chi connectivity index (χ0v) is 13.3. The molecule has 0 saturated heterocycles. The van der Waals surface area contributed by atoms with Crippen LogP contribution in [0.15, 0.2) is 12.2 Å². The van der Waals surface area contributed by atoms with Crippen molar-refractivity contribution in [3.63, 3.8) is 0 Å². The molecule has 0 N–H and O–H groups in total.